The second-order valence-electron chi connectivity index (χ2n) is 8.94. The van der Waals surface area contributed by atoms with Crippen molar-refractivity contribution >= 4 is 38.4 Å². The van der Waals surface area contributed by atoms with Crippen LogP contribution in [0.3, 0.4) is 0 Å². The Labute approximate surface area is 203 Å². The van der Waals surface area contributed by atoms with Gasteiger partial charge in [-0.3, -0.25) is 4.79 Å². The van der Waals surface area contributed by atoms with Gasteiger partial charge in [0.25, 0.3) is 0 Å². The number of nitrogens with one attached hydrogen (secondary N) is 1. The number of anilines is 2. The minimum absolute atomic E-state index is 0.0696. The Bertz CT molecular complexity index is 1340. The summed E-state index contributed by atoms with van der Waals surface area (Å²) in [6, 6.07) is 14.0. The Morgan fingerprint density at radius 1 is 1.15 bits per heavy atom. The highest BCUT2D eigenvalue weighted by atomic mass is 32.1. The van der Waals surface area contributed by atoms with E-state index in [4.69, 9.17) is 14.8 Å². The smallest absolute Gasteiger partial charge is 0.229 e. The van der Waals surface area contributed by atoms with Gasteiger partial charge >= 0.3 is 0 Å². The molecule has 1 aliphatic heterocycles. The molecule has 1 fully saturated rings. The fraction of sp³-hybridized carbons (Fsp3) is 0.346. The van der Waals surface area contributed by atoms with Crippen LogP contribution in [0.2, 0.25) is 0 Å². The number of amides is 1. The van der Waals surface area contributed by atoms with E-state index in [-0.39, 0.29) is 11.8 Å². The molecule has 34 heavy (non-hydrogen) atoms. The maximum Gasteiger partial charge on any atom is 0.229 e. The van der Waals surface area contributed by atoms with Crippen LogP contribution >= 0.6 is 11.3 Å². The molecular formula is C26H29N5O2S. The number of methoxy groups -OCH3 is 1. The van der Waals surface area contributed by atoms with Gasteiger partial charge in [0.05, 0.1) is 29.1 Å². The van der Waals surface area contributed by atoms with Crippen LogP contribution in [0, 0.1) is 26.7 Å². The quantitative estimate of drug-likeness (QED) is 0.426. The number of piperidine rings is 1. The normalized spacial score (nSPS) is 16.1. The lowest BCUT2D eigenvalue weighted by molar-refractivity contribution is -0.120. The van der Waals surface area contributed by atoms with Crippen LogP contribution in [0.4, 0.5) is 10.8 Å². The summed E-state index contributed by atoms with van der Waals surface area (Å²) in [5, 5.41) is 8.81. The molecule has 3 heterocycles. The topological polar surface area (TPSA) is 72.3 Å². The number of hydrogen-bond donors (Lipinski definition) is 1. The Morgan fingerprint density at radius 2 is 1.94 bits per heavy atom. The first kappa shape index (κ1) is 22.4. The number of fused-ring (bicyclic) bond motifs is 1. The molecule has 5 rings (SSSR count). The van der Waals surface area contributed by atoms with Gasteiger partial charge < -0.3 is 15.0 Å². The van der Waals surface area contributed by atoms with Gasteiger partial charge in [0.1, 0.15) is 5.75 Å². The van der Waals surface area contributed by atoms with Crippen LogP contribution in [0.25, 0.3) is 16.0 Å². The van der Waals surface area contributed by atoms with Crippen molar-refractivity contribution in [2.45, 2.75) is 33.6 Å². The number of rotatable bonds is 5. The number of benzene rings is 2. The average molecular weight is 476 g/mol. The second kappa shape index (κ2) is 9.10. The molecule has 1 amide bonds. The number of hydrogen-bond acceptors (Lipinski definition) is 6. The van der Waals surface area contributed by atoms with Crippen molar-refractivity contribution in [2.75, 3.05) is 30.4 Å². The largest absolute Gasteiger partial charge is 0.497 e. The highest BCUT2D eigenvalue weighted by Gasteiger charge is 2.28. The number of ether oxygens (including phenoxy) is 1. The van der Waals surface area contributed by atoms with Gasteiger partial charge in [0.15, 0.2) is 10.8 Å². The molecule has 0 saturated carbocycles. The molecule has 2 aromatic carbocycles. The van der Waals surface area contributed by atoms with Gasteiger partial charge in [-0.2, -0.15) is 10.1 Å². The molecular weight excluding hydrogens is 446 g/mol. The second-order valence-corrected chi connectivity index (χ2v) is 9.91. The molecule has 2 aromatic heterocycles. The minimum atomic E-state index is -0.0696. The predicted octanol–water partition coefficient (Wildman–Crippen LogP) is 5.27. The van der Waals surface area contributed by atoms with Crippen molar-refractivity contribution in [1.82, 2.24) is 14.8 Å². The number of carbonyl (C=O) groups is 1. The number of aryl methyl sites for hydroxylation is 3. The summed E-state index contributed by atoms with van der Waals surface area (Å²) in [6.07, 6.45) is 1.85. The fourth-order valence-electron chi connectivity index (χ4n) is 4.43. The zero-order valence-electron chi connectivity index (χ0n) is 20.0. The highest BCUT2D eigenvalue weighted by molar-refractivity contribution is 7.22. The summed E-state index contributed by atoms with van der Waals surface area (Å²) in [7, 11) is 1.66. The maximum absolute atomic E-state index is 13.1. The minimum Gasteiger partial charge on any atom is -0.497 e. The number of nitrogens with zero attached hydrogens (tertiary/aromatic N) is 4. The molecule has 4 aromatic rings. The zero-order valence-corrected chi connectivity index (χ0v) is 20.8. The van der Waals surface area contributed by atoms with E-state index < -0.39 is 0 Å². The standard InChI is InChI=1S/C26H29N5O2S/c1-16-7-8-17(2)22(14-16)27-25(32)19-6-5-13-30(15-19)26-28-24-23(34-26)18(3)29-31(24)20-9-11-21(33-4)12-10-20/h7-12,14,19H,5-6,13,15H2,1-4H3,(H,27,32)/t19-/m1/s1. The molecule has 0 unspecified atom stereocenters. The van der Waals surface area contributed by atoms with Crippen molar-refractivity contribution < 1.29 is 9.53 Å². The average Bonchev–Trinajstić information content (AvgIpc) is 3.42. The van der Waals surface area contributed by atoms with Crippen molar-refractivity contribution in [1.29, 1.82) is 0 Å². The van der Waals surface area contributed by atoms with E-state index in [0.717, 1.165) is 68.8 Å². The molecule has 1 saturated heterocycles. The van der Waals surface area contributed by atoms with E-state index >= 15 is 0 Å². The molecule has 0 bridgehead atoms. The Kier molecular flexibility index (Phi) is 6.00. The molecule has 0 aliphatic carbocycles. The lowest BCUT2D eigenvalue weighted by Gasteiger charge is -2.31. The van der Waals surface area contributed by atoms with Crippen LogP contribution in [0.1, 0.15) is 29.7 Å². The van der Waals surface area contributed by atoms with E-state index in [1.54, 1.807) is 18.4 Å². The number of thiazole rings is 1. The third-order valence-electron chi connectivity index (χ3n) is 6.41. The summed E-state index contributed by atoms with van der Waals surface area (Å²) >= 11 is 1.65. The van der Waals surface area contributed by atoms with Crippen LogP contribution in [0.5, 0.6) is 5.75 Å². The monoisotopic (exact) mass is 475 g/mol. The number of aromatic nitrogens is 3. The van der Waals surface area contributed by atoms with Crippen LogP contribution in [-0.2, 0) is 4.79 Å². The van der Waals surface area contributed by atoms with Gasteiger partial charge in [-0.25, -0.2) is 4.68 Å². The third-order valence-corrected chi connectivity index (χ3v) is 7.62. The summed E-state index contributed by atoms with van der Waals surface area (Å²) in [5.74, 6) is 0.821. The van der Waals surface area contributed by atoms with Crippen molar-refractivity contribution in [3.05, 3.63) is 59.3 Å². The lowest BCUT2D eigenvalue weighted by atomic mass is 9.97. The lowest BCUT2D eigenvalue weighted by Crippen LogP contribution is -2.40. The number of carbonyl (C=O) groups excluding carboxylic acids is 1. The van der Waals surface area contributed by atoms with Gasteiger partial charge in [-0.05, 0) is 75.1 Å². The maximum atomic E-state index is 13.1. The van der Waals surface area contributed by atoms with E-state index in [9.17, 15) is 4.79 Å². The zero-order chi connectivity index (χ0) is 23.8. The Balaban J connectivity index is 1.37. The fourth-order valence-corrected chi connectivity index (χ4v) is 5.45. The van der Waals surface area contributed by atoms with E-state index in [1.807, 2.05) is 61.9 Å². The molecule has 1 aliphatic rings. The molecule has 1 N–H and O–H groups in total. The SMILES string of the molecule is COc1ccc(-n2nc(C)c3sc(N4CCC[C@@H](C(=O)Nc5cc(C)ccc5C)C4)nc32)cc1. The summed E-state index contributed by atoms with van der Waals surface area (Å²) in [5.41, 5.74) is 5.87. The molecule has 0 radical (unpaired) electrons. The summed E-state index contributed by atoms with van der Waals surface area (Å²) in [4.78, 5) is 20.3. The van der Waals surface area contributed by atoms with Gasteiger partial charge in [0.2, 0.25) is 5.91 Å². The molecule has 8 heteroatoms. The highest BCUT2D eigenvalue weighted by Crippen LogP contribution is 2.35. The molecule has 176 valence electrons. The van der Waals surface area contributed by atoms with Gasteiger partial charge in [0, 0.05) is 18.8 Å². The van der Waals surface area contributed by atoms with Crippen molar-refractivity contribution in [3.8, 4) is 11.4 Å². The molecule has 7 nitrogen and oxygen atoms in total. The van der Waals surface area contributed by atoms with Crippen molar-refractivity contribution in [2.24, 2.45) is 5.92 Å². The van der Waals surface area contributed by atoms with Gasteiger partial charge in [-0.1, -0.05) is 23.5 Å². The first-order valence-electron chi connectivity index (χ1n) is 11.6. The van der Waals surface area contributed by atoms with Crippen LogP contribution < -0.4 is 15.0 Å². The van der Waals surface area contributed by atoms with Crippen LogP contribution in [0.15, 0.2) is 42.5 Å². The summed E-state index contributed by atoms with van der Waals surface area (Å²) in [6.45, 7) is 7.65. The molecule has 0 spiro atoms. The summed E-state index contributed by atoms with van der Waals surface area (Å²) < 4.78 is 8.24. The van der Waals surface area contributed by atoms with E-state index in [2.05, 4.69) is 16.3 Å². The van der Waals surface area contributed by atoms with Gasteiger partial charge in [-0.15, -0.1) is 0 Å². The first-order chi connectivity index (χ1) is 16.4. The Hall–Kier alpha value is -3.39. The Morgan fingerprint density at radius 3 is 2.71 bits per heavy atom. The molecule has 1 atom stereocenters. The van der Waals surface area contributed by atoms with Crippen molar-refractivity contribution in [3.63, 3.8) is 0 Å². The van der Waals surface area contributed by atoms with E-state index in [0.29, 0.717) is 6.54 Å². The van der Waals surface area contributed by atoms with E-state index in [1.165, 1.54) is 0 Å². The first-order valence-corrected chi connectivity index (χ1v) is 12.4. The third kappa shape index (κ3) is 4.25. The predicted molar refractivity (Wildman–Crippen MR) is 138 cm³/mol. The van der Waals surface area contributed by atoms with Crippen LogP contribution in [-0.4, -0.2) is 40.9 Å².